The van der Waals surface area contributed by atoms with Crippen molar-refractivity contribution >= 4 is 23.3 Å². The summed E-state index contributed by atoms with van der Waals surface area (Å²) in [4.78, 5) is 28.4. The van der Waals surface area contributed by atoms with E-state index in [9.17, 15) is 9.59 Å². The van der Waals surface area contributed by atoms with E-state index in [1.54, 1.807) is 42.5 Å². The Morgan fingerprint density at radius 3 is 2.50 bits per heavy atom. The molecule has 2 N–H and O–H groups in total. The standard InChI is InChI=1S/C19H16N4O3/c24-18(13-4-2-1-3-5-13)22-17-9-8-14(11-20-17)21-19(25)15-10-16(26-23-15)12-6-7-12/h1-5,8-12H,6-7H2,(H,21,25)(H,20,22,24). The van der Waals surface area contributed by atoms with Gasteiger partial charge in [-0.15, -0.1) is 0 Å². The van der Waals surface area contributed by atoms with E-state index in [0.29, 0.717) is 23.0 Å². The Morgan fingerprint density at radius 2 is 1.81 bits per heavy atom. The van der Waals surface area contributed by atoms with Gasteiger partial charge in [0.1, 0.15) is 11.6 Å². The molecule has 0 bridgehead atoms. The fourth-order valence-electron chi connectivity index (χ4n) is 2.47. The first-order chi connectivity index (χ1) is 12.7. The van der Waals surface area contributed by atoms with Gasteiger partial charge in [0.25, 0.3) is 11.8 Å². The average molecular weight is 348 g/mol. The van der Waals surface area contributed by atoms with Crippen molar-refractivity contribution in [3.63, 3.8) is 0 Å². The van der Waals surface area contributed by atoms with E-state index in [1.165, 1.54) is 6.20 Å². The van der Waals surface area contributed by atoms with E-state index >= 15 is 0 Å². The number of hydrogen-bond donors (Lipinski definition) is 2. The van der Waals surface area contributed by atoms with Gasteiger partial charge < -0.3 is 15.2 Å². The molecular formula is C19H16N4O3. The van der Waals surface area contributed by atoms with Crippen LogP contribution in [0, 0.1) is 0 Å². The highest BCUT2D eigenvalue weighted by atomic mass is 16.5. The molecule has 0 radical (unpaired) electrons. The second-order valence-corrected chi connectivity index (χ2v) is 6.10. The van der Waals surface area contributed by atoms with Gasteiger partial charge in [-0.1, -0.05) is 23.4 Å². The zero-order chi connectivity index (χ0) is 17.9. The van der Waals surface area contributed by atoms with Crippen LogP contribution >= 0.6 is 0 Å². The van der Waals surface area contributed by atoms with Crippen LogP contribution in [0.3, 0.4) is 0 Å². The van der Waals surface area contributed by atoms with Gasteiger partial charge in [-0.2, -0.15) is 0 Å². The van der Waals surface area contributed by atoms with Crippen LogP contribution in [0.5, 0.6) is 0 Å². The van der Waals surface area contributed by atoms with Crippen LogP contribution in [0.1, 0.15) is 45.4 Å². The number of carbonyl (C=O) groups excluding carboxylic acids is 2. The van der Waals surface area contributed by atoms with Gasteiger partial charge in [-0.25, -0.2) is 4.98 Å². The van der Waals surface area contributed by atoms with Gasteiger partial charge in [0.05, 0.1) is 11.9 Å². The molecule has 0 saturated heterocycles. The Bertz CT molecular complexity index is 931. The maximum absolute atomic E-state index is 12.2. The molecule has 1 aromatic carbocycles. The van der Waals surface area contributed by atoms with Crippen molar-refractivity contribution in [2.45, 2.75) is 18.8 Å². The molecule has 2 aromatic heterocycles. The van der Waals surface area contributed by atoms with E-state index in [0.717, 1.165) is 18.6 Å². The Labute approximate surface area is 149 Å². The third-order valence-corrected chi connectivity index (χ3v) is 4.04. The van der Waals surface area contributed by atoms with Gasteiger partial charge in [-0.05, 0) is 37.1 Å². The molecular weight excluding hydrogens is 332 g/mol. The van der Waals surface area contributed by atoms with Gasteiger partial charge in [0.2, 0.25) is 0 Å². The Morgan fingerprint density at radius 1 is 1.00 bits per heavy atom. The van der Waals surface area contributed by atoms with Crippen molar-refractivity contribution in [3.05, 3.63) is 71.7 Å². The third kappa shape index (κ3) is 3.61. The van der Waals surface area contributed by atoms with Crippen molar-refractivity contribution in [2.75, 3.05) is 10.6 Å². The summed E-state index contributed by atoms with van der Waals surface area (Å²) in [6, 6.07) is 13.8. The number of carbonyl (C=O) groups is 2. The Kier molecular flexibility index (Phi) is 4.18. The summed E-state index contributed by atoms with van der Waals surface area (Å²) in [7, 11) is 0. The number of nitrogens with one attached hydrogen (secondary N) is 2. The monoisotopic (exact) mass is 348 g/mol. The van der Waals surface area contributed by atoms with Gasteiger partial charge in [0, 0.05) is 17.5 Å². The van der Waals surface area contributed by atoms with Crippen LogP contribution in [0.4, 0.5) is 11.5 Å². The highest BCUT2D eigenvalue weighted by molar-refractivity contribution is 6.04. The maximum Gasteiger partial charge on any atom is 0.277 e. The number of amides is 2. The lowest BCUT2D eigenvalue weighted by Crippen LogP contribution is -2.14. The molecule has 0 atom stereocenters. The summed E-state index contributed by atoms with van der Waals surface area (Å²) < 4.78 is 5.18. The molecule has 7 heteroatoms. The summed E-state index contributed by atoms with van der Waals surface area (Å²) in [6.07, 6.45) is 3.63. The number of anilines is 2. The van der Waals surface area contributed by atoms with Gasteiger partial charge in [-0.3, -0.25) is 9.59 Å². The van der Waals surface area contributed by atoms with E-state index in [-0.39, 0.29) is 17.5 Å². The first kappa shape index (κ1) is 16.0. The average Bonchev–Trinajstić information content (AvgIpc) is 3.40. The quantitative estimate of drug-likeness (QED) is 0.736. The number of rotatable bonds is 5. The fourth-order valence-corrected chi connectivity index (χ4v) is 2.47. The summed E-state index contributed by atoms with van der Waals surface area (Å²) in [5, 5.41) is 9.21. The predicted molar refractivity (Wildman–Crippen MR) is 95.1 cm³/mol. The lowest BCUT2D eigenvalue weighted by Gasteiger charge is -2.06. The SMILES string of the molecule is O=C(Nc1ccc(NC(=O)c2cc(C3CC3)on2)cn1)c1ccccc1. The van der Waals surface area contributed by atoms with Crippen LogP contribution < -0.4 is 10.6 Å². The summed E-state index contributed by atoms with van der Waals surface area (Å²) in [5.41, 5.74) is 1.29. The molecule has 3 aromatic rings. The van der Waals surface area contributed by atoms with E-state index < -0.39 is 0 Å². The molecule has 1 aliphatic carbocycles. The molecule has 0 unspecified atom stereocenters. The lowest BCUT2D eigenvalue weighted by molar-refractivity contribution is 0.101. The largest absolute Gasteiger partial charge is 0.360 e. The molecule has 2 heterocycles. The normalized spacial score (nSPS) is 13.2. The van der Waals surface area contributed by atoms with Crippen molar-refractivity contribution in [2.24, 2.45) is 0 Å². The summed E-state index contributed by atoms with van der Waals surface area (Å²) in [5.74, 6) is 0.952. The highest BCUT2D eigenvalue weighted by Gasteiger charge is 2.28. The second kappa shape index (κ2) is 6.79. The maximum atomic E-state index is 12.2. The van der Waals surface area contributed by atoms with E-state index in [4.69, 9.17) is 4.52 Å². The minimum absolute atomic E-state index is 0.244. The van der Waals surface area contributed by atoms with Gasteiger partial charge in [0.15, 0.2) is 5.69 Å². The van der Waals surface area contributed by atoms with E-state index in [1.807, 2.05) is 6.07 Å². The van der Waals surface area contributed by atoms with Crippen LogP contribution in [0.15, 0.2) is 59.3 Å². The lowest BCUT2D eigenvalue weighted by atomic mass is 10.2. The van der Waals surface area contributed by atoms with Gasteiger partial charge >= 0.3 is 0 Å². The van der Waals surface area contributed by atoms with Crippen LogP contribution in [-0.2, 0) is 0 Å². The molecule has 0 aliphatic heterocycles. The zero-order valence-electron chi connectivity index (χ0n) is 13.8. The number of hydrogen-bond acceptors (Lipinski definition) is 5. The molecule has 1 fully saturated rings. The van der Waals surface area contributed by atoms with Crippen LogP contribution in [-0.4, -0.2) is 22.0 Å². The molecule has 4 rings (SSSR count). The van der Waals surface area contributed by atoms with Crippen LogP contribution in [0.25, 0.3) is 0 Å². The topological polar surface area (TPSA) is 97.1 Å². The number of pyridine rings is 1. The number of aromatic nitrogens is 2. The molecule has 0 spiro atoms. The van der Waals surface area contributed by atoms with Crippen molar-refractivity contribution in [1.29, 1.82) is 0 Å². The summed E-state index contributed by atoms with van der Waals surface area (Å²) >= 11 is 0. The predicted octanol–water partition coefficient (Wildman–Crippen LogP) is 3.45. The van der Waals surface area contributed by atoms with Crippen molar-refractivity contribution in [3.8, 4) is 0 Å². The highest BCUT2D eigenvalue weighted by Crippen LogP contribution is 2.40. The number of benzene rings is 1. The molecule has 2 amide bonds. The fraction of sp³-hybridized carbons (Fsp3) is 0.158. The second-order valence-electron chi connectivity index (χ2n) is 6.10. The van der Waals surface area contributed by atoms with Crippen molar-refractivity contribution < 1.29 is 14.1 Å². The zero-order valence-corrected chi connectivity index (χ0v) is 13.8. The Hall–Kier alpha value is -3.48. The minimum atomic E-state index is -0.358. The summed E-state index contributed by atoms with van der Waals surface area (Å²) in [6.45, 7) is 0. The van der Waals surface area contributed by atoms with Crippen molar-refractivity contribution in [1.82, 2.24) is 10.1 Å². The molecule has 26 heavy (non-hydrogen) atoms. The molecule has 1 aliphatic rings. The Balaban J connectivity index is 1.37. The first-order valence-electron chi connectivity index (χ1n) is 8.29. The first-order valence-corrected chi connectivity index (χ1v) is 8.29. The molecule has 130 valence electrons. The third-order valence-electron chi connectivity index (χ3n) is 4.04. The molecule has 1 saturated carbocycles. The van der Waals surface area contributed by atoms with E-state index in [2.05, 4.69) is 20.8 Å². The number of nitrogens with zero attached hydrogens (tertiary/aromatic N) is 2. The molecule has 7 nitrogen and oxygen atoms in total. The minimum Gasteiger partial charge on any atom is -0.360 e. The van der Waals surface area contributed by atoms with Crippen LogP contribution in [0.2, 0.25) is 0 Å². The smallest absolute Gasteiger partial charge is 0.277 e.